The number of piperidine rings is 2. The molecule has 0 radical (unpaired) electrons. The van der Waals surface area contributed by atoms with Crippen molar-refractivity contribution in [2.24, 2.45) is 5.92 Å². The second-order valence-electron chi connectivity index (χ2n) is 9.29. The van der Waals surface area contributed by atoms with E-state index >= 15 is 0 Å². The van der Waals surface area contributed by atoms with Crippen molar-refractivity contribution < 1.29 is 4.79 Å². The van der Waals surface area contributed by atoms with Crippen LogP contribution >= 0.6 is 0 Å². The normalized spacial score (nSPS) is 21.4. The van der Waals surface area contributed by atoms with Gasteiger partial charge in [-0.1, -0.05) is 48.5 Å². The van der Waals surface area contributed by atoms with E-state index in [2.05, 4.69) is 76.3 Å². The number of rotatable bonds is 5. The molecule has 2 saturated heterocycles. The summed E-state index contributed by atoms with van der Waals surface area (Å²) in [6, 6.07) is 21.9. The molecule has 0 N–H and O–H groups in total. The Morgan fingerprint density at radius 1 is 0.969 bits per heavy atom. The molecule has 0 unspecified atom stereocenters. The molecule has 2 fully saturated rings. The van der Waals surface area contributed by atoms with E-state index in [1.165, 1.54) is 22.3 Å². The first-order valence-electron chi connectivity index (χ1n) is 11.7. The number of amides is 1. The zero-order chi connectivity index (χ0) is 21.9. The number of carbonyl (C=O) groups is 1. The van der Waals surface area contributed by atoms with Gasteiger partial charge in [-0.25, -0.2) is 0 Å². The monoisotopic (exact) mass is 425 g/mol. The van der Waals surface area contributed by atoms with Crippen LogP contribution in [0.2, 0.25) is 0 Å². The number of hydrogen-bond acceptors (Lipinski definition) is 3. The number of benzene rings is 2. The Kier molecular flexibility index (Phi) is 6.04. The van der Waals surface area contributed by atoms with Crippen LogP contribution in [0.3, 0.4) is 0 Å². The van der Waals surface area contributed by atoms with Crippen LogP contribution in [0.25, 0.3) is 11.1 Å². The third-order valence-corrected chi connectivity index (χ3v) is 7.09. The predicted molar refractivity (Wildman–Crippen MR) is 128 cm³/mol. The molecular formula is C28H31N3O. The number of aromatic nitrogens is 1. The van der Waals surface area contributed by atoms with Crippen LogP contribution in [0.4, 0.5) is 0 Å². The van der Waals surface area contributed by atoms with Gasteiger partial charge in [0.05, 0.1) is 0 Å². The molecule has 0 aliphatic carbocycles. The van der Waals surface area contributed by atoms with E-state index in [-0.39, 0.29) is 0 Å². The first-order chi connectivity index (χ1) is 15.7. The van der Waals surface area contributed by atoms with Crippen molar-refractivity contribution in [1.29, 1.82) is 0 Å². The molecule has 32 heavy (non-hydrogen) atoms. The number of aryl methyl sites for hydroxylation is 1. The second-order valence-corrected chi connectivity index (χ2v) is 9.29. The molecule has 164 valence electrons. The molecular weight excluding hydrogens is 394 g/mol. The number of hydrogen-bond donors (Lipinski definition) is 0. The van der Waals surface area contributed by atoms with Gasteiger partial charge in [-0.15, -0.1) is 0 Å². The standard InChI is InChI=1S/C28H31N3O/c1-21-6-2-3-10-26(21)24-9-4-7-22(16-24)18-30-15-13-27-25(20-30)11-12-28(32)31(27)19-23-8-5-14-29-17-23/h2-10,14,16-17,25,27H,11-13,15,18-20H2,1H3/t25-,27+/m1/s1. The highest BCUT2D eigenvalue weighted by molar-refractivity contribution is 5.77. The van der Waals surface area contributed by atoms with Gasteiger partial charge < -0.3 is 4.90 Å². The molecule has 3 heterocycles. The van der Waals surface area contributed by atoms with Gasteiger partial charge in [0.15, 0.2) is 0 Å². The smallest absolute Gasteiger partial charge is 0.223 e. The third-order valence-electron chi connectivity index (χ3n) is 7.09. The average Bonchev–Trinajstić information content (AvgIpc) is 2.82. The summed E-state index contributed by atoms with van der Waals surface area (Å²) < 4.78 is 0. The summed E-state index contributed by atoms with van der Waals surface area (Å²) >= 11 is 0. The van der Waals surface area contributed by atoms with E-state index in [4.69, 9.17) is 0 Å². The lowest BCUT2D eigenvalue weighted by Gasteiger charge is -2.47. The van der Waals surface area contributed by atoms with Gasteiger partial charge in [-0.3, -0.25) is 14.7 Å². The Hall–Kier alpha value is -2.98. The minimum atomic E-state index is 0.300. The molecule has 2 aromatic carbocycles. The Morgan fingerprint density at radius 2 is 1.84 bits per heavy atom. The molecule has 1 amide bonds. The summed E-state index contributed by atoms with van der Waals surface area (Å²) in [7, 11) is 0. The molecule has 0 saturated carbocycles. The summed E-state index contributed by atoms with van der Waals surface area (Å²) in [5.74, 6) is 0.854. The van der Waals surface area contributed by atoms with Crippen LogP contribution in [0.1, 0.15) is 36.0 Å². The first-order valence-corrected chi connectivity index (χ1v) is 11.7. The van der Waals surface area contributed by atoms with Crippen molar-refractivity contribution in [2.75, 3.05) is 13.1 Å². The minimum absolute atomic E-state index is 0.300. The predicted octanol–water partition coefficient (Wildman–Crippen LogP) is 5.07. The lowest BCUT2D eigenvalue weighted by atomic mass is 9.83. The molecule has 4 nitrogen and oxygen atoms in total. The molecule has 0 bridgehead atoms. The van der Waals surface area contributed by atoms with Crippen LogP contribution in [0.5, 0.6) is 0 Å². The number of nitrogens with zero attached hydrogens (tertiary/aromatic N) is 3. The third kappa shape index (κ3) is 4.46. The van der Waals surface area contributed by atoms with Gasteiger partial charge in [0, 0.05) is 51.0 Å². The molecule has 4 heteroatoms. The quantitative estimate of drug-likeness (QED) is 0.573. The van der Waals surface area contributed by atoms with Crippen molar-refractivity contribution >= 4 is 5.91 Å². The molecule has 5 rings (SSSR count). The van der Waals surface area contributed by atoms with Gasteiger partial charge in [0.1, 0.15) is 0 Å². The average molecular weight is 426 g/mol. The maximum atomic E-state index is 12.7. The van der Waals surface area contributed by atoms with Gasteiger partial charge in [-0.05, 0) is 65.6 Å². The summed E-state index contributed by atoms with van der Waals surface area (Å²) in [6.07, 6.45) is 6.39. The summed E-state index contributed by atoms with van der Waals surface area (Å²) in [6.45, 7) is 5.93. The highest BCUT2D eigenvalue weighted by Crippen LogP contribution is 2.33. The van der Waals surface area contributed by atoms with Gasteiger partial charge in [0.2, 0.25) is 5.91 Å². The molecule has 1 aromatic heterocycles. The maximum Gasteiger partial charge on any atom is 0.223 e. The number of pyridine rings is 1. The molecule has 3 aromatic rings. The van der Waals surface area contributed by atoms with Crippen molar-refractivity contribution in [3.05, 3.63) is 89.7 Å². The zero-order valence-electron chi connectivity index (χ0n) is 18.8. The summed E-state index contributed by atoms with van der Waals surface area (Å²) in [5, 5.41) is 0. The van der Waals surface area contributed by atoms with Crippen molar-refractivity contribution in [2.45, 2.75) is 45.3 Å². The summed E-state index contributed by atoms with van der Waals surface area (Å²) in [4.78, 5) is 21.6. The fourth-order valence-electron chi connectivity index (χ4n) is 5.46. The molecule has 2 atom stereocenters. The van der Waals surface area contributed by atoms with E-state index in [0.717, 1.165) is 38.0 Å². The Balaban J connectivity index is 1.26. The zero-order valence-corrected chi connectivity index (χ0v) is 18.8. The lowest BCUT2D eigenvalue weighted by Crippen LogP contribution is -2.55. The van der Waals surface area contributed by atoms with Crippen LogP contribution in [0.15, 0.2) is 73.1 Å². The fraction of sp³-hybridized carbons (Fsp3) is 0.357. The van der Waals surface area contributed by atoms with E-state index in [9.17, 15) is 4.79 Å². The van der Waals surface area contributed by atoms with Crippen LogP contribution < -0.4 is 0 Å². The highest BCUT2D eigenvalue weighted by atomic mass is 16.2. The van der Waals surface area contributed by atoms with Gasteiger partial charge in [-0.2, -0.15) is 0 Å². The Labute approximate surface area is 190 Å². The second kappa shape index (κ2) is 9.25. The molecule has 0 spiro atoms. The first kappa shape index (κ1) is 20.9. The Morgan fingerprint density at radius 3 is 2.69 bits per heavy atom. The summed E-state index contributed by atoms with van der Waals surface area (Å²) in [5.41, 5.74) is 6.40. The van der Waals surface area contributed by atoms with E-state index in [1.54, 1.807) is 6.20 Å². The number of fused-ring (bicyclic) bond motifs is 1. The highest BCUT2D eigenvalue weighted by Gasteiger charge is 2.39. The number of likely N-dealkylation sites (tertiary alicyclic amines) is 2. The van der Waals surface area contributed by atoms with Crippen LogP contribution in [0, 0.1) is 12.8 Å². The van der Waals surface area contributed by atoms with E-state index in [0.29, 0.717) is 30.8 Å². The SMILES string of the molecule is Cc1ccccc1-c1cccc(CN2CC[C@H]3[C@H](CCC(=O)N3Cc3cccnc3)C2)c1. The topological polar surface area (TPSA) is 36.4 Å². The largest absolute Gasteiger partial charge is 0.335 e. The van der Waals surface area contributed by atoms with Crippen molar-refractivity contribution in [3.8, 4) is 11.1 Å². The van der Waals surface area contributed by atoms with Crippen molar-refractivity contribution in [1.82, 2.24) is 14.8 Å². The van der Waals surface area contributed by atoms with Gasteiger partial charge in [0.25, 0.3) is 0 Å². The van der Waals surface area contributed by atoms with E-state index < -0.39 is 0 Å². The maximum absolute atomic E-state index is 12.7. The molecule has 2 aliphatic heterocycles. The van der Waals surface area contributed by atoms with E-state index in [1.807, 2.05) is 12.3 Å². The molecule has 2 aliphatic rings. The minimum Gasteiger partial charge on any atom is -0.335 e. The fourth-order valence-corrected chi connectivity index (χ4v) is 5.46. The van der Waals surface area contributed by atoms with Crippen molar-refractivity contribution in [3.63, 3.8) is 0 Å². The Bertz CT molecular complexity index is 1080. The van der Waals surface area contributed by atoms with Gasteiger partial charge >= 0.3 is 0 Å². The lowest BCUT2D eigenvalue weighted by molar-refractivity contribution is -0.142. The van der Waals surface area contributed by atoms with Crippen LogP contribution in [-0.2, 0) is 17.9 Å². The van der Waals surface area contributed by atoms with Crippen LogP contribution in [-0.4, -0.2) is 39.8 Å². The number of carbonyl (C=O) groups excluding carboxylic acids is 1.